The standard InChI is InChI=1S/C16H27NO4/c1-4-17-13-16(21-12-11-20-10-9-18-2)14-5-7-15(19-3)8-6-14/h5-8,16-17H,4,9-13H2,1-3H3. The largest absolute Gasteiger partial charge is 0.497 e. The Kier molecular flexibility index (Phi) is 9.82. The molecule has 0 amide bonds. The highest BCUT2D eigenvalue weighted by molar-refractivity contribution is 5.28. The van der Waals surface area contributed by atoms with E-state index < -0.39 is 0 Å². The molecule has 0 spiro atoms. The molecule has 1 aromatic carbocycles. The quantitative estimate of drug-likeness (QED) is 0.598. The normalized spacial score (nSPS) is 12.3. The molecule has 21 heavy (non-hydrogen) atoms. The summed E-state index contributed by atoms with van der Waals surface area (Å²) in [5, 5.41) is 3.32. The Bertz CT molecular complexity index is 356. The molecule has 1 aromatic rings. The van der Waals surface area contributed by atoms with Crippen LogP contribution >= 0.6 is 0 Å². The van der Waals surface area contributed by atoms with E-state index in [4.69, 9.17) is 18.9 Å². The summed E-state index contributed by atoms with van der Waals surface area (Å²) >= 11 is 0. The highest BCUT2D eigenvalue weighted by Gasteiger charge is 2.11. The van der Waals surface area contributed by atoms with Crippen molar-refractivity contribution < 1.29 is 18.9 Å². The molecule has 0 radical (unpaired) electrons. The molecular weight excluding hydrogens is 270 g/mol. The minimum atomic E-state index is 0.0156. The van der Waals surface area contributed by atoms with Gasteiger partial charge in [0.2, 0.25) is 0 Å². The van der Waals surface area contributed by atoms with Gasteiger partial charge in [-0.3, -0.25) is 0 Å². The van der Waals surface area contributed by atoms with Crippen molar-refractivity contribution in [1.82, 2.24) is 5.32 Å². The van der Waals surface area contributed by atoms with E-state index in [1.54, 1.807) is 14.2 Å². The lowest BCUT2D eigenvalue weighted by Gasteiger charge is -2.19. The van der Waals surface area contributed by atoms with Gasteiger partial charge in [0.25, 0.3) is 0 Å². The Morgan fingerprint density at radius 2 is 1.71 bits per heavy atom. The molecule has 0 heterocycles. The molecule has 0 aliphatic rings. The monoisotopic (exact) mass is 297 g/mol. The molecule has 1 N–H and O–H groups in total. The molecule has 0 saturated carbocycles. The van der Waals surface area contributed by atoms with Crippen LogP contribution in [0.25, 0.3) is 0 Å². The maximum Gasteiger partial charge on any atom is 0.118 e. The summed E-state index contributed by atoms with van der Waals surface area (Å²) in [6, 6.07) is 7.97. The number of hydrogen-bond donors (Lipinski definition) is 1. The van der Waals surface area contributed by atoms with E-state index in [0.717, 1.165) is 24.4 Å². The fourth-order valence-electron chi connectivity index (χ4n) is 1.86. The third kappa shape index (κ3) is 7.43. The van der Waals surface area contributed by atoms with Crippen LogP contribution in [0.1, 0.15) is 18.6 Å². The molecule has 0 saturated heterocycles. The first-order valence-corrected chi connectivity index (χ1v) is 7.34. The Balaban J connectivity index is 2.42. The van der Waals surface area contributed by atoms with Gasteiger partial charge in [0.05, 0.1) is 39.6 Å². The first-order valence-electron chi connectivity index (χ1n) is 7.34. The number of methoxy groups -OCH3 is 2. The molecule has 1 unspecified atom stereocenters. The second kappa shape index (κ2) is 11.5. The number of benzene rings is 1. The minimum Gasteiger partial charge on any atom is -0.497 e. The number of nitrogens with one attached hydrogen (secondary N) is 1. The van der Waals surface area contributed by atoms with Gasteiger partial charge in [-0.1, -0.05) is 19.1 Å². The van der Waals surface area contributed by atoms with Crippen molar-refractivity contribution in [3.63, 3.8) is 0 Å². The summed E-state index contributed by atoms with van der Waals surface area (Å²) in [6.45, 7) is 6.12. The third-order valence-corrected chi connectivity index (χ3v) is 3.05. The van der Waals surface area contributed by atoms with E-state index in [1.165, 1.54) is 0 Å². The van der Waals surface area contributed by atoms with Crippen molar-refractivity contribution in [2.75, 3.05) is 53.7 Å². The van der Waals surface area contributed by atoms with Crippen molar-refractivity contribution >= 4 is 0 Å². The van der Waals surface area contributed by atoms with Gasteiger partial charge < -0.3 is 24.3 Å². The SMILES string of the molecule is CCNCC(OCCOCCOC)c1ccc(OC)cc1. The molecular formula is C16H27NO4. The van der Waals surface area contributed by atoms with E-state index in [9.17, 15) is 0 Å². The maximum atomic E-state index is 5.91. The molecule has 1 rings (SSSR count). The molecule has 120 valence electrons. The van der Waals surface area contributed by atoms with Gasteiger partial charge in [-0.05, 0) is 24.2 Å². The molecule has 1 atom stereocenters. The molecule has 0 aliphatic heterocycles. The van der Waals surface area contributed by atoms with Crippen LogP contribution in [0.15, 0.2) is 24.3 Å². The van der Waals surface area contributed by atoms with Crippen LogP contribution in [0.2, 0.25) is 0 Å². The smallest absolute Gasteiger partial charge is 0.118 e. The summed E-state index contributed by atoms with van der Waals surface area (Å²) < 4.78 is 21.4. The summed E-state index contributed by atoms with van der Waals surface area (Å²) in [5.41, 5.74) is 1.13. The van der Waals surface area contributed by atoms with E-state index >= 15 is 0 Å². The Labute approximate surface area is 127 Å². The van der Waals surface area contributed by atoms with Gasteiger partial charge in [0.1, 0.15) is 5.75 Å². The highest BCUT2D eigenvalue weighted by atomic mass is 16.5. The first-order chi connectivity index (χ1) is 10.3. The summed E-state index contributed by atoms with van der Waals surface area (Å²) in [5.74, 6) is 0.851. The number of rotatable bonds is 12. The van der Waals surface area contributed by atoms with E-state index in [0.29, 0.717) is 26.4 Å². The van der Waals surface area contributed by atoms with Gasteiger partial charge in [-0.2, -0.15) is 0 Å². The zero-order chi connectivity index (χ0) is 15.3. The maximum absolute atomic E-state index is 5.91. The summed E-state index contributed by atoms with van der Waals surface area (Å²) in [6.07, 6.45) is 0.0156. The molecule has 0 aliphatic carbocycles. The fraction of sp³-hybridized carbons (Fsp3) is 0.625. The van der Waals surface area contributed by atoms with E-state index in [1.807, 2.05) is 24.3 Å². The highest BCUT2D eigenvalue weighted by Crippen LogP contribution is 2.20. The Morgan fingerprint density at radius 3 is 2.33 bits per heavy atom. The van der Waals surface area contributed by atoms with Crippen molar-refractivity contribution in [2.24, 2.45) is 0 Å². The van der Waals surface area contributed by atoms with Gasteiger partial charge in [-0.25, -0.2) is 0 Å². The van der Waals surface area contributed by atoms with Crippen LogP contribution in [0.5, 0.6) is 5.75 Å². The first kappa shape index (κ1) is 17.9. The van der Waals surface area contributed by atoms with Crippen LogP contribution in [0.4, 0.5) is 0 Å². The zero-order valence-electron chi connectivity index (χ0n) is 13.3. The average molecular weight is 297 g/mol. The average Bonchev–Trinajstić information content (AvgIpc) is 2.53. The van der Waals surface area contributed by atoms with Gasteiger partial charge >= 0.3 is 0 Å². The third-order valence-electron chi connectivity index (χ3n) is 3.05. The van der Waals surface area contributed by atoms with Crippen LogP contribution in [-0.4, -0.2) is 53.7 Å². The molecule has 0 aromatic heterocycles. The molecule has 5 nitrogen and oxygen atoms in total. The number of hydrogen-bond acceptors (Lipinski definition) is 5. The second-order valence-electron chi connectivity index (χ2n) is 4.55. The predicted molar refractivity (Wildman–Crippen MR) is 82.9 cm³/mol. The zero-order valence-corrected chi connectivity index (χ0v) is 13.3. The van der Waals surface area contributed by atoms with Gasteiger partial charge in [-0.15, -0.1) is 0 Å². The number of likely N-dealkylation sites (N-methyl/N-ethyl adjacent to an activating group) is 1. The molecule has 0 bridgehead atoms. The fourth-order valence-corrected chi connectivity index (χ4v) is 1.86. The molecule has 5 heteroatoms. The molecule has 0 fully saturated rings. The van der Waals surface area contributed by atoms with E-state index in [2.05, 4.69) is 12.2 Å². The Morgan fingerprint density at radius 1 is 1.00 bits per heavy atom. The van der Waals surface area contributed by atoms with Gasteiger partial charge in [0.15, 0.2) is 0 Å². The lowest BCUT2D eigenvalue weighted by atomic mass is 10.1. The second-order valence-corrected chi connectivity index (χ2v) is 4.55. The van der Waals surface area contributed by atoms with Crippen LogP contribution in [-0.2, 0) is 14.2 Å². The van der Waals surface area contributed by atoms with Gasteiger partial charge in [0, 0.05) is 13.7 Å². The summed E-state index contributed by atoms with van der Waals surface area (Å²) in [7, 11) is 3.33. The van der Waals surface area contributed by atoms with Crippen molar-refractivity contribution in [3.8, 4) is 5.75 Å². The van der Waals surface area contributed by atoms with Crippen LogP contribution in [0, 0.1) is 0 Å². The van der Waals surface area contributed by atoms with E-state index in [-0.39, 0.29) is 6.10 Å². The van der Waals surface area contributed by atoms with Crippen molar-refractivity contribution in [1.29, 1.82) is 0 Å². The Hall–Kier alpha value is -1.14. The van der Waals surface area contributed by atoms with Crippen molar-refractivity contribution in [3.05, 3.63) is 29.8 Å². The number of ether oxygens (including phenoxy) is 4. The van der Waals surface area contributed by atoms with Crippen LogP contribution < -0.4 is 10.1 Å². The lowest BCUT2D eigenvalue weighted by Crippen LogP contribution is -2.24. The van der Waals surface area contributed by atoms with Crippen LogP contribution in [0.3, 0.4) is 0 Å². The minimum absolute atomic E-state index is 0.0156. The topological polar surface area (TPSA) is 49.0 Å². The lowest BCUT2D eigenvalue weighted by molar-refractivity contribution is -0.00672. The predicted octanol–water partition coefficient (Wildman–Crippen LogP) is 2.03. The van der Waals surface area contributed by atoms with Crippen molar-refractivity contribution in [2.45, 2.75) is 13.0 Å². The summed E-state index contributed by atoms with van der Waals surface area (Å²) in [4.78, 5) is 0.